The number of nitriles is 1. The predicted molar refractivity (Wildman–Crippen MR) is 115 cm³/mol. The summed E-state index contributed by atoms with van der Waals surface area (Å²) in [5.41, 5.74) is 5.36. The second kappa shape index (κ2) is 7.49. The summed E-state index contributed by atoms with van der Waals surface area (Å²) in [5.74, 6) is 1.09. The van der Waals surface area contributed by atoms with Crippen molar-refractivity contribution in [3.8, 4) is 17.2 Å². The number of hydrogen-bond donors (Lipinski definition) is 1. The molecule has 0 spiro atoms. The quantitative estimate of drug-likeness (QED) is 0.698. The van der Waals surface area contributed by atoms with E-state index >= 15 is 0 Å². The number of aromatic nitrogens is 3. The van der Waals surface area contributed by atoms with E-state index in [0.717, 1.165) is 54.5 Å². The molecule has 0 unspecified atom stereocenters. The van der Waals surface area contributed by atoms with Crippen molar-refractivity contribution >= 4 is 11.5 Å². The lowest BCUT2D eigenvalue weighted by Crippen LogP contribution is -3.14. The molecule has 1 fully saturated rings. The molecule has 29 heavy (non-hydrogen) atoms. The summed E-state index contributed by atoms with van der Waals surface area (Å²) in [5, 5.41) is 13.7. The van der Waals surface area contributed by atoms with Crippen LogP contribution >= 0.6 is 0 Å². The molecule has 1 aliphatic rings. The van der Waals surface area contributed by atoms with Gasteiger partial charge in [-0.25, -0.2) is 4.98 Å². The zero-order valence-electron chi connectivity index (χ0n) is 17.7. The fraction of sp³-hybridized carbons (Fsp3) is 0.435. The highest BCUT2D eigenvalue weighted by atomic mass is 15.4. The van der Waals surface area contributed by atoms with Gasteiger partial charge < -0.3 is 9.80 Å². The van der Waals surface area contributed by atoms with Crippen LogP contribution in [0.25, 0.3) is 16.8 Å². The average molecular weight is 390 g/mol. The lowest BCUT2D eigenvalue weighted by atomic mass is 9.91. The normalized spacial score (nSPS) is 15.6. The monoisotopic (exact) mass is 389 g/mol. The number of anilines is 1. The Labute approximate surface area is 172 Å². The highest BCUT2D eigenvalue weighted by Gasteiger charge is 2.26. The van der Waals surface area contributed by atoms with Gasteiger partial charge in [-0.3, -0.25) is 0 Å². The van der Waals surface area contributed by atoms with E-state index in [-0.39, 0.29) is 5.41 Å². The summed E-state index contributed by atoms with van der Waals surface area (Å²) in [4.78, 5) is 8.77. The number of hydrogen-bond acceptors (Lipinski definition) is 4. The first-order valence-corrected chi connectivity index (χ1v) is 10.3. The molecule has 0 radical (unpaired) electrons. The predicted octanol–water partition coefficient (Wildman–Crippen LogP) is 2.23. The van der Waals surface area contributed by atoms with Gasteiger partial charge in [0.05, 0.1) is 38.1 Å². The molecule has 2 aromatic heterocycles. The van der Waals surface area contributed by atoms with Gasteiger partial charge in [0.2, 0.25) is 0 Å². The van der Waals surface area contributed by atoms with Crippen LogP contribution < -0.4 is 9.80 Å². The van der Waals surface area contributed by atoms with Crippen molar-refractivity contribution in [2.45, 2.75) is 33.1 Å². The van der Waals surface area contributed by atoms with Crippen molar-refractivity contribution in [3.05, 3.63) is 47.8 Å². The molecule has 150 valence electrons. The van der Waals surface area contributed by atoms with Crippen molar-refractivity contribution in [2.24, 2.45) is 0 Å². The van der Waals surface area contributed by atoms with Gasteiger partial charge in [0, 0.05) is 17.0 Å². The van der Waals surface area contributed by atoms with Crippen LogP contribution in [0, 0.1) is 18.3 Å². The standard InChI is InChI=1S/C23H28N6/c1-17-5-7-18(8-6-17)19-16-25-29-21(15-20(23(2,3)4)26-22(19)29)28-13-11-27(10-9-24)12-14-28/h5-8,15-16H,10-14H2,1-4H3/p+1. The molecule has 0 saturated carbocycles. The second-order valence-corrected chi connectivity index (χ2v) is 8.98. The Bertz CT molecular complexity index is 1040. The maximum Gasteiger partial charge on any atom is 0.165 e. The highest BCUT2D eigenvalue weighted by Crippen LogP contribution is 2.31. The van der Waals surface area contributed by atoms with E-state index < -0.39 is 0 Å². The first-order valence-electron chi connectivity index (χ1n) is 10.3. The second-order valence-electron chi connectivity index (χ2n) is 8.98. The van der Waals surface area contributed by atoms with Crippen LogP contribution in [0.15, 0.2) is 36.5 Å². The number of aryl methyl sites for hydroxylation is 1. The van der Waals surface area contributed by atoms with Crippen LogP contribution in [0.3, 0.4) is 0 Å². The van der Waals surface area contributed by atoms with E-state index in [2.05, 4.69) is 69.0 Å². The minimum absolute atomic E-state index is 0.0564. The minimum Gasteiger partial charge on any atom is -0.345 e. The van der Waals surface area contributed by atoms with Gasteiger partial charge in [0.15, 0.2) is 12.2 Å². The number of rotatable bonds is 3. The van der Waals surface area contributed by atoms with Gasteiger partial charge >= 0.3 is 0 Å². The molecule has 3 aromatic rings. The molecule has 3 heterocycles. The van der Waals surface area contributed by atoms with Crippen LogP contribution in [0.2, 0.25) is 0 Å². The molecular formula is C23H29N6+. The fourth-order valence-electron chi connectivity index (χ4n) is 3.83. The van der Waals surface area contributed by atoms with E-state index in [1.165, 1.54) is 10.5 Å². The van der Waals surface area contributed by atoms with Crippen LogP contribution in [-0.4, -0.2) is 47.3 Å². The van der Waals surface area contributed by atoms with Crippen molar-refractivity contribution < 1.29 is 4.90 Å². The Morgan fingerprint density at radius 1 is 1.14 bits per heavy atom. The van der Waals surface area contributed by atoms with Crippen LogP contribution in [0.4, 0.5) is 5.82 Å². The zero-order chi connectivity index (χ0) is 20.6. The average Bonchev–Trinajstić information content (AvgIpc) is 3.12. The summed E-state index contributed by atoms with van der Waals surface area (Å²) >= 11 is 0. The fourth-order valence-corrected chi connectivity index (χ4v) is 3.83. The summed E-state index contributed by atoms with van der Waals surface area (Å²) in [6, 6.07) is 13.0. The SMILES string of the molecule is Cc1ccc(-c2cnn3c(N4CC[NH+](CC#N)CC4)cc(C(C)(C)C)nc23)cc1. The zero-order valence-corrected chi connectivity index (χ0v) is 17.7. The van der Waals surface area contributed by atoms with Gasteiger partial charge in [0.1, 0.15) is 11.9 Å². The maximum absolute atomic E-state index is 8.99. The number of nitrogens with one attached hydrogen (secondary N) is 1. The van der Waals surface area contributed by atoms with E-state index in [9.17, 15) is 0 Å². The maximum atomic E-state index is 8.99. The molecular weight excluding hydrogens is 360 g/mol. The van der Waals surface area contributed by atoms with Crippen molar-refractivity contribution in [2.75, 3.05) is 37.6 Å². The number of nitrogens with zero attached hydrogens (tertiary/aromatic N) is 5. The summed E-state index contributed by atoms with van der Waals surface area (Å²) in [6.45, 7) is 13.0. The number of fused-ring (bicyclic) bond motifs is 1. The van der Waals surface area contributed by atoms with Gasteiger partial charge in [-0.2, -0.15) is 14.9 Å². The summed E-state index contributed by atoms with van der Waals surface area (Å²) in [6.07, 6.45) is 1.93. The molecule has 4 rings (SSSR count). The highest BCUT2D eigenvalue weighted by molar-refractivity contribution is 5.78. The molecule has 6 nitrogen and oxygen atoms in total. The molecule has 1 N–H and O–H groups in total. The van der Waals surface area contributed by atoms with Crippen molar-refractivity contribution in [1.82, 2.24) is 14.6 Å². The Balaban J connectivity index is 1.80. The van der Waals surface area contributed by atoms with E-state index in [4.69, 9.17) is 15.3 Å². The summed E-state index contributed by atoms with van der Waals surface area (Å²) in [7, 11) is 0. The third-order valence-electron chi connectivity index (χ3n) is 5.71. The van der Waals surface area contributed by atoms with Gasteiger partial charge in [0.25, 0.3) is 0 Å². The topological polar surface area (TPSA) is 61.7 Å². The van der Waals surface area contributed by atoms with Crippen LogP contribution in [0.5, 0.6) is 0 Å². The third-order valence-corrected chi connectivity index (χ3v) is 5.71. The Hall–Kier alpha value is -2.91. The molecule has 1 saturated heterocycles. The Kier molecular flexibility index (Phi) is 5.01. The molecule has 1 aliphatic heterocycles. The van der Waals surface area contributed by atoms with E-state index in [1.54, 1.807) is 0 Å². The first kappa shape index (κ1) is 19.4. The van der Waals surface area contributed by atoms with Gasteiger partial charge in [-0.05, 0) is 12.5 Å². The number of quaternary nitrogens is 1. The molecule has 0 aliphatic carbocycles. The van der Waals surface area contributed by atoms with Crippen LogP contribution in [-0.2, 0) is 5.41 Å². The van der Waals surface area contributed by atoms with E-state index in [1.807, 2.05) is 10.7 Å². The van der Waals surface area contributed by atoms with E-state index in [0.29, 0.717) is 6.54 Å². The first-order chi connectivity index (χ1) is 13.9. The molecule has 6 heteroatoms. The minimum atomic E-state index is -0.0564. The summed E-state index contributed by atoms with van der Waals surface area (Å²) < 4.78 is 1.99. The van der Waals surface area contributed by atoms with Crippen molar-refractivity contribution in [1.29, 1.82) is 5.26 Å². The lowest BCUT2D eigenvalue weighted by molar-refractivity contribution is -0.893. The van der Waals surface area contributed by atoms with Crippen LogP contribution in [0.1, 0.15) is 32.0 Å². The molecule has 0 atom stereocenters. The largest absolute Gasteiger partial charge is 0.345 e. The molecule has 0 amide bonds. The number of piperazine rings is 1. The van der Waals surface area contributed by atoms with Crippen molar-refractivity contribution in [3.63, 3.8) is 0 Å². The Morgan fingerprint density at radius 2 is 1.83 bits per heavy atom. The van der Waals surface area contributed by atoms with Gasteiger partial charge in [-0.1, -0.05) is 50.6 Å². The Morgan fingerprint density at radius 3 is 2.45 bits per heavy atom. The molecule has 1 aromatic carbocycles. The lowest BCUT2D eigenvalue weighted by Gasteiger charge is -2.33. The van der Waals surface area contributed by atoms with Gasteiger partial charge in [-0.15, -0.1) is 0 Å². The molecule has 0 bridgehead atoms. The number of benzene rings is 1. The smallest absolute Gasteiger partial charge is 0.165 e. The third kappa shape index (κ3) is 3.83.